The molecule has 0 radical (unpaired) electrons. The molecule has 0 aliphatic heterocycles. The van der Waals surface area contributed by atoms with Crippen molar-refractivity contribution >= 4 is 23.7 Å². The molecular formula is C31H32O6. The van der Waals surface area contributed by atoms with E-state index in [9.17, 15) is 19.5 Å². The van der Waals surface area contributed by atoms with Crippen molar-refractivity contribution in [3.05, 3.63) is 106 Å². The van der Waals surface area contributed by atoms with E-state index in [0.29, 0.717) is 11.5 Å². The summed E-state index contributed by atoms with van der Waals surface area (Å²) < 4.78 is 0. The number of hydrogen-bond acceptors (Lipinski definition) is 5. The van der Waals surface area contributed by atoms with Crippen LogP contribution in [0.3, 0.4) is 0 Å². The number of Topliss-reactive ketones (excluding diaryl/α,β-unsaturated/α-hetero) is 2. The highest BCUT2D eigenvalue weighted by atomic mass is 16.4. The Balaban J connectivity index is 0.00000153. The summed E-state index contributed by atoms with van der Waals surface area (Å²) in [7, 11) is 0. The molecule has 0 aromatic heterocycles. The quantitative estimate of drug-likeness (QED) is 0.350. The fraction of sp³-hybridized carbons (Fsp3) is 0.290. The van der Waals surface area contributed by atoms with Gasteiger partial charge < -0.3 is 5.11 Å². The average molecular weight is 501 g/mol. The highest BCUT2D eigenvalue weighted by molar-refractivity contribution is 6.08. The zero-order valence-corrected chi connectivity index (χ0v) is 21.6. The van der Waals surface area contributed by atoms with Crippen molar-refractivity contribution in [3.8, 4) is 0 Å². The van der Waals surface area contributed by atoms with Gasteiger partial charge in [-0.05, 0) is 53.1 Å². The largest absolute Gasteiger partial charge is 0.478 e. The van der Waals surface area contributed by atoms with Crippen LogP contribution in [0.4, 0.5) is 0 Å². The molecule has 0 fully saturated rings. The lowest BCUT2D eigenvalue weighted by Gasteiger charge is -2.10. The summed E-state index contributed by atoms with van der Waals surface area (Å²) in [5.74, 6) is -1.26. The summed E-state index contributed by atoms with van der Waals surface area (Å²) in [6.07, 6.45) is 2.23. The van der Waals surface area contributed by atoms with Gasteiger partial charge in [0.2, 0.25) is 0 Å². The van der Waals surface area contributed by atoms with E-state index in [1.807, 2.05) is 24.3 Å². The van der Waals surface area contributed by atoms with Crippen LogP contribution in [0.5, 0.6) is 0 Å². The topological polar surface area (TPSA) is 106 Å². The first-order chi connectivity index (χ1) is 17.5. The maximum Gasteiger partial charge on any atom is 0.373 e. The van der Waals surface area contributed by atoms with E-state index in [1.165, 1.54) is 29.3 Å². The Hall–Kier alpha value is -4.15. The summed E-state index contributed by atoms with van der Waals surface area (Å²) in [4.78, 5) is 53.1. The van der Waals surface area contributed by atoms with Crippen molar-refractivity contribution in [3.63, 3.8) is 0 Å². The Morgan fingerprint density at radius 3 is 1.68 bits per heavy atom. The average Bonchev–Trinajstić information content (AvgIpc) is 2.85. The van der Waals surface area contributed by atoms with E-state index in [0.717, 1.165) is 24.0 Å². The van der Waals surface area contributed by atoms with Crippen molar-refractivity contribution in [2.75, 3.05) is 0 Å². The fourth-order valence-corrected chi connectivity index (χ4v) is 4.01. The molecule has 37 heavy (non-hydrogen) atoms. The third-order valence-electron chi connectivity index (χ3n) is 5.82. The molecule has 192 valence electrons. The van der Waals surface area contributed by atoms with Crippen LogP contribution in [-0.4, -0.2) is 28.8 Å². The number of rotatable bonds is 10. The molecule has 6 heteroatoms. The minimum absolute atomic E-state index is 0.0991. The first-order valence-corrected chi connectivity index (χ1v) is 12.1. The lowest BCUT2D eigenvalue weighted by molar-refractivity contribution is -0.191. The van der Waals surface area contributed by atoms with E-state index < -0.39 is 5.97 Å². The van der Waals surface area contributed by atoms with Crippen LogP contribution in [0.2, 0.25) is 0 Å². The SMILES string of the molecule is CC(C)Cc1ccc(Cc2ccc(CC(=O)c3ccc(C(=O)C(C)C)cc3C(=O)O)cc2)cc1.O=C=O. The zero-order valence-electron chi connectivity index (χ0n) is 21.6. The van der Waals surface area contributed by atoms with Crippen molar-refractivity contribution in [1.29, 1.82) is 0 Å². The third-order valence-corrected chi connectivity index (χ3v) is 5.82. The zero-order chi connectivity index (χ0) is 27.5. The predicted octanol–water partition coefficient (Wildman–Crippen LogP) is 5.85. The molecule has 0 atom stereocenters. The number of carboxylic acids is 1. The summed E-state index contributed by atoms with van der Waals surface area (Å²) in [5.41, 5.74) is 4.85. The molecule has 0 amide bonds. The van der Waals surface area contributed by atoms with Gasteiger partial charge in [0, 0.05) is 23.5 Å². The Morgan fingerprint density at radius 1 is 0.730 bits per heavy atom. The molecule has 3 aromatic carbocycles. The molecule has 1 N–H and O–H groups in total. The molecule has 0 spiro atoms. The molecule has 0 heterocycles. The Bertz CT molecular complexity index is 1260. The van der Waals surface area contributed by atoms with Gasteiger partial charge in [-0.15, -0.1) is 0 Å². The molecule has 0 saturated carbocycles. The number of aromatic carboxylic acids is 1. The maximum absolute atomic E-state index is 12.9. The highest BCUT2D eigenvalue weighted by Gasteiger charge is 2.20. The monoisotopic (exact) mass is 500 g/mol. The Morgan fingerprint density at radius 2 is 1.22 bits per heavy atom. The van der Waals surface area contributed by atoms with Crippen LogP contribution in [0, 0.1) is 11.8 Å². The fourth-order valence-electron chi connectivity index (χ4n) is 4.01. The standard InChI is InChI=1S/C30H32O4.CO2/c1-19(2)15-21-5-7-22(8-6-21)16-23-9-11-24(12-10-23)17-28(31)26-14-13-25(29(32)20(3)4)18-27(26)30(33)34;2-1-3/h5-14,18-20H,15-17H2,1-4H3,(H,33,34);. The Labute approximate surface area is 217 Å². The third kappa shape index (κ3) is 8.78. The molecule has 3 rings (SSSR count). The van der Waals surface area contributed by atoms with Crippen LogP contribution < -0.4 is 0 Å². The van der Waals surface area contributed by atoms with Crippen LogP contribution in [0.1, 0.15) is 81.0 Å². The molecule has 0 unspecified atom stereocenters. The predicted molar refractivity (Wildman–Crippen MR) is 140 cm³/mol. The summed E-state index contributed by atoms with van der Waals surface area (Å²) in [5, 5.41) is 9.60. The van der Waals surface area contributed by atoms with Crippen molar-refractivity contribution in [1.82, 2.24) is 0 Å². The lowest BCUT2D eigenvalue weighted by atomic mass is 9.93. The number of carboxylic acid groups (broad SMARTS) is 1. The number of carbonyl (C=O) groups is 3. The van der Waals surface area contributed by atoms with Gasteiger partial charge in [0.25, 0.3) is 0 Å². The molecule has 3 aromatic rings. The van der Waals surface area contributed by atoms with E-state index in [4.69, 9.17) is 9.59 Å². The molecule has 6 nitrogen and oxygen atoms in total. The first kappa shape index (κ1) is 29.1. The minimum atomic E-state index is -1.21. The van der Waals surface area contributed by atoms with Crippen molar-refractivity contribution < 1.29 is 29.1 Å². The molecule has 0 aliphatic carbocycles. The van der Waals surface area contributed by atoms with Gasteiger partial charge in [-0.25, -0.2) is 4.79 Å². The van der Waals surface area contributed by atoms with Gasteiger partial charge in [0.15, 0.2) is 11.6 Å². The Kier molecular flexibility index (Phi) is 10.9. The molecular weight excluding hydrogens is 468 g/mol. The van der Waals surface area contributed by atoms with Gasteiger partial charge in [-0.2, -0.15) is 9.59 Å². The van der Waals surface area contributed by atoms with Crippen LogP contribution in [0.25, 0.3) is 0 Å². The van der Waals surface area contributed by atoms with Gasteiger partial charge in [-0.1, -0.05) is 82.3 Å². The van der Waals surface area contributed by atoms with Crippen LogP contribution in [-0.2, 0) is 28.9 Å². The van der Waals surface area contributed by atoms with E-state index in [-0.39, 0.29) is 41.2 Å². The highest BCUT2D eigenvalue weighted by Crippen LogP contribution is 2.19. The van der Waals surface area contributed by atoms with Crippen molar-refractivity contribution in [2.24, 2.45) is 11.8 Å². The second-order valence-corrected chi connectivity index (χ2v) is 9.68. The van der Waals surface area contributed by atoms with E-state index in [2.05, 4.69) is 38.1 Å². The number of benzene rings is 3. The van der Waals surface area contributed by atoms with Gasteiger partial charge in [-0.3, -0.25) is 9.59 Å². The molecule has 0 saturated heterocycles. The van der Waals surface area contributed by atoms with Crippen LogP contribution in [0.15, 0.2) is 66.7 Å². The lowest BCUT2D eigenvalue weighted by Crippen LogP contribution is -2.14. The second kappa shape index (κ2) is 13.8. The number of carbonyl (C=O) groups excluding carboxylic acids is 4. The van der Waals surface area contributed by atoms with E-state index in [1.54, 1.807) is 13.8 Å². The van der Waals surface area contributed by atoms with Crippen LogP contribution >= 0.6 is 0 Å². The van der Waals surface area contributed by atoms with E-state index >= 15 is 0 Å². The normalized spacial score (nSPS) is 10.4. The second-order valence-electron chi connectivity index (χ2n) is 9.68. The smallest absolute Gasteiger partial charge is 0.373 e. The van der Waals surface area contributed by atoms with Crippen molar-refractivity contribution in [2.45, 2.75) is 47.0 Å². The van der Waals surface area contributed by atoms with Gasteiger partial charge in [0.05, 0.1) is 5.56 Å². The summed E-state index contributed by atoms with van der Waals surface area (Å²) in [6.45, 7) is 7.94. The number of hydrogen-bond donors (Lipinski definition) is 1. The first-order valence-electron chi connectivity index (χ1n) is 12.1. The molecule has 0 bridgehead atoms. The molecule has 0 aliphatic rings. The number of ketones is 2. The summed E-state index contributed by atoms with van der Waals surface area (Å²) >= 11 is 0. The van der Waals surface area contributed by atoms with Gasteiger partial charge in [0.1, 0.15) is 0 Å². The van der Waals surface area contributed by atoms with Gasteiger partial charge >= 0.3 is 12.1 Å². The maximum atomic E-state index is 12.9. The minimum Gasteiger partial charge on any atom is -0.478 e. The summed E-state index contributed by atoms with van der Waals surface area (Å²) in [6, 6.07) is 20.8.